The first kappa shape index (κ1) is 13.8. The van der Waals surface area contributed by atoms with Crippen LogP contribution in [0.2, 0.25) is 0 Å². The molecule has 0 bridgehead atoms. The molecule has 7 heteroatoms. The summed E-state index contributed by atoms with van der Waals surface area (Å²) >= 11 is 1.63. The first-order valence-corrected chi connectivity index (χ1v) is 7.71. The fourth-order valence-corrected chi connectivity index (χ4v) is 3.22. The van der Waals surface area contributed by atoms with Crippen molar-refractivity contribution in [3.8, 4) is 17.2 Å². The number of aromatic nitrogens is 5. The molecule has 0 radical (unpaired) electrons. The van der Waals surface area contributed by atoms with Gasteiger partial charge in [-0.15, -0.1) is 11.3 Å². The van der Waals surface area contributed by atoms with Crippen LogP contribution in [0.4, 0.5) is 5.13 Å². The third kappa shape index (κ3) is 2.56. The van der Waals surface area contributed by atoms with Crippen molar-refractivity contribution < 1.29 is 0 Å². The van der Waals surface area contributed by atoms with E-state index in [0.717, 1.165) is 33.7 Å². The van der Waals surface area contributed by atoms with Gasteiger partial charge in [0.2, 0.25) is 5.95 Å². The minimum atomic E-state index is 0.380. The lowest BCUT2D eigenvalue weighted by Crippen LogP contribution is -2.09. The Balaban J connectivity index is 2.00. The number of H-pyrrole nitrogens is 1. The van der Waals surface area contributed by atoms with E-state index in [9.17, 15) is 0 Å². The molecule has 0 aliphatic rings. The van der Waals surface area contributed by atoms with Gasteiger partial charge in [0.05, 0.1) is 5.69 Å². The first-order valence-electron chi connectivity index (χ1n) is 6.83. The second-order valence-corrected chi connectivity index (χ2v) is 6.12. The highest BCUT2D eigenvalue weighted by Crippen LogP contribution is 2.31. The highest BCUT2D eigenvalue weighted by Gasteiger charge is 2.16. The van der Waals surface area contributed by atoms with Crippen LogP contribution in [0.15, 0.2) is 17.8 Å². The normalized spacial score (nSPS) is 11.3. The van der Waals surface area contributed by atoms with Crippen LogP contribution in [0.25, 0.3) is 17.2 Å². The van der Waals surface area contributed by atoms with E-state index < -0.39 is 0 Å². The van der Waals surface area contributed by atoms with Crippen molar-refractivity contribution in [3.63, 3.8) is 0 Å². The van der Waals surface area contributed by atoms with Crippen molar-refractivity contribution in [1.82, 2.24) is 24.7 Å². The molecule has 0 fully saturated rings. The van der Waals surface area contributed by atoms with E-state index in [1.165, 1.54) is 6.33 Å². The van der Waals surface area contributed by atoms with E-state index >= 15 is 0 Å². The summed E-state index contributed by atoms with van der Waals surface area (Å²) in [6, 6.07) is 2.51. The van der Waals surface area contributed by atoms with E-state index in [0.29, 0.717) is 6.04 Å². The molecule has 0 saturated carbocycles. The number of hydrogen-bond acceptors (Lipinski definition) is 5. The Morgan fingerprint density at radius 3 is 2.81 bits per heavy atom. The molecular weight excluding hydrogens is 284 g/mol. The number of anilines is 1. The monoisotopic (exact) mass is 302 g/mol. The first-order chi connectivity index (χ1) is 10.1. The topological polar surface area (TPSA) is 71.4 Å². The molecule has 3 aromatic heterocycles. The lowest BCUT2D eigenvalue weighted by molar-refractivity contribution is 0.879. The maximum Gasteiger partial charge on any atom is 0.229 e. The molecule has 2 N–H and O–H groups in total. The van der Waals surface area contributed by atoms with E-state index in [1.807, 2.05) is 0 Å². The summed E-state index contributed by atoms with van der Waals surface area (Å²) in [5, 5.41) is 13.2. The maximum atomic E-state index is 4.67. The molecule has 0 aliphatic carbocycles. The van der Waals surface area contributed by atoms with Crippen molar-refractivity contribution in [1.29, 1.82) is 0 Å². The number of aryl methyl sites for hydroxylation is 1. The second-order valence-electron chi connectivity index (χ2n) is 5.27. The third-order valence-electron chi connectivity index (χ3n) is 3.24. The van der Waals surface area contributed by atoms with E-state index in [1.54, 1.807) is 11.3 Å². The minimum absolute atomic E-state index is 0.380. The quantitative estimate of drug-likeness (QED) is 0.776. The van der Waals surface area contributed by atoms with Crippen LogP contribution in [-0.4, -0.2) is 30.8 Å². The van der Waals surface area contributed by atoms with Crippen molar-refractivity contribution in [3.05, 3.63) is 29.2 Å². The Morgan fingerprint density at radius 1 is 1.33 bits per heavy atom. The highest BCUT2D eigenvalue weighted by atomic mass is 32.1. The third-order valence-corrected chi connectivity index (χ3v) is 4.01. The van der Waals surface area contributed by atoms with Gasteiger partial charge in [0.1, 0.15) is 6.33 Å². The summed E-state index contributed by atoms with van der Waals surface area (Å²) in [5.74, 6) is 0.729. The molecule has 3 aromatic rings. The molecule has 0 aromatic carbocycles. The Labute approximate surface area is 127 Å². The molecule has 6 nitrogen and oxygen atoms in total. The van der Waals surface area contributed by atoms with Crippen LogP contribution in [0.1, 0.15) is 25.2 Å². The zero-order valence-corrected chi connectivity index (χ0v) is 13.3. The zero-order valence-electron chi connectivity index (χ0n) is 12.5. The molecule has 3 rings (SSSR count). The van der Waals surface area contributed by atoms with Crippen LogP contribution in [0.5, 0.6) is 0 Å². The number of aromatic amines is 1. The molecule has 110 valence electrons. The van der Waals surface area contributed by atoms with Gasteiger partial charge < -0.3 is 5.32 Å². The Bertz CT molecular complexity index is 738. The number of rotatable bonds is 4. The Morgan fingerprint density at radius 2 is 2.14 bits per heavy atom. The van der Waals surface area contributed by atoms with Gasteiger partial charge in [0, 0.05) is 28.4 Å². The average Bonchev–Trinajstić information content (AvgIpc) is 3.10. The van der Waals surface area contributed by atoms with Gasteiger partial charge in [-0.1, -0.05) is 0 Å². The van der Waals surface area contributed by atoms with Crippen molar-refractivity contribution in [2.45, 2.75) is 33.7 Å². The van der Waals surface area contributed by atoms with Gasteiger partial charge >= 0.3 is 0 Å². The molecule has 0 atom stereocenters. The zero-order chi connectivity index (χ0) is 15.0. The van der Waals surface area contributed by atoms with Crippen LogP contribution in [0, 0.1) is 13.8 Å². The lowest BCUT2D eigenvalue weighted by Gasteiger charge is -2.05. The Kier molecular flexibility index (Phi) is 3.50. The number of thiazole rings is 1. The molecule has 0 unspecified atom stereocenters. The van der Waals surface area contributed by atoms with Crippen molar-refractivity contribution in [2.24, 2.45) is 0 Å². The summed E-state index contributed by atoms with van der Waals surface area (Å²) < 4.78 is 2.05. The van der Waals surface area contributed by atoms with Gasteiger partial charge in [0.25, 0.3) is 0 Å². The summed E-state index contributed by atoms with van der Waals surface area (Å²) in [6.45, 7) is 8.34. The molecule has 0 saturated heterocycles. The molecule has 0 aliphatic heterocycles. The predicted molar refractivity (Wildman–Crippen MR) is 85.1 cm³/mol. The molecule has 0 amide bonds. The fourth-order valence-electron chi connectivity index (χ4n) is 2.37. The van der Waals surface area contributed by atoms with Gasteiger partial charge in [-0.3, -0.25) is 4.57 Å². The predicted octanol–water partition coefficient (Wildman–Crippen LogP) is 3.16. The molecule has 0 spiro atoms. The van der Waals surface area contributed by atoms with Crippen LogP contribution >= 0.6 is 11.3 Å². The summed E-state index contributed by atoms with van der Waals surface area (Å²) in [5.41, 5.74) is 4.32. The fraction of sp³-hybridized carbons (Fsp3) is 0.357. The standard InChI is InChI=1S/C14H18N6S/c1-8(2)17-14-18-12(6-21-14)11-5-9(3)20(10(11)4)13-15-7-16-19-13/h5-8H,1-4H3,(H,17,18)(H,15,16,19). The SMILES string of the molecule is Cc1cc(-c2csc(NC(C)C)n2)c(C)n1-c1ncn[nH]1. The number of nitrogens with one attached hydrogen (secondary N) is 2. The summed E-state index contributed by atoms with van der Waals surface area (Å²) in [7, 11) is 0. The molecular formula is C14H18N6S. The highest BCUT2D eigenvalue weighted by molar-refractivity contribution is 7.14. The minimum Gasteiger partial charge on any atom is -0.359 e. The van der Waals surface area contributed by atoms with Crippen LogP contribution in [0.3, 0.4) is 0 Å². The van der Waals surface area contributed by atoms with E-state index in [4.69, 9.17) is 0 Å². The van der Waals surface area contributed by atoms with Crippen LogP contribution in [-0.2, 0) is 0 Å². The lowest BCUT2D eigenvalue weighted by atomic mass is 10.2. The average molecular weight is 302 g/mol. The van der Waals surface area contributed by atoms with Crippen LogP contribution < -0.4 is 5.32 Å². The maximum absolute atomic E-state index is 4.67. The molecule has 21 heavy (non-hydrogen) atoms. The Hall–Kier alpha value is -2.15. The molecule has 3 heterocycles. The van der Waals surface area contributed by atoms with E-state index in [-0.39, 0.29) is 0 Å². The van der Waals surface area contributed by atoms with Gasteiger partial charge in [-0.2, -0.15) is 10.1 Å². The number of nitrogens with zero attached hydrogens (tertiary/aromatic N) is 4. The second kappa shape index (κ2) is 5.33. The van der Waals surface area contributed by atoms with E-state index in [2.05, 4.69) is 69.2 Å². The number of hydrogen-bond donors (Lipinski definition) is 2. The van der Waals surface area contributed by atoms with Gasteiger partial charge in [0.15, 0.2) is 5.13 Å². The van der Waals surface area contributed by atoms with Gasteiger partial charge in [-0.05, 0) is 33.8 Å². The van der Waals surface area contributed by atoms with Crippen molar-refractivity contribution >= 4 is 16.5 Å². The van der Waals surface area contributed by atoms with Crippen molar-refractivity contribution in [2.75, 3.05) is 5.32 Å². The largest absolute Gasteiger partial charge is 0.359 e. The summed E-state index contributed by atoms with van der Waals surface area (Å²) in [6.07, 6.45) is 1.52. The van der Waals surface area contributed by atoms with Gasteiger partial charge in [-0.25, -0.2) is 10.1 Å². The summed E-state index contributed by atoms with van der Waals surface area (Å²) in [4.78, 5) is 8.89. The smallest absolute Gasteiger partial charge is 0.229 e.